The average molecular weight is 276 g/mol. The Bertz CT molecular complexity index is 540. The topological polar surface area (TPSA) is 61.4 Å². The minimum atomic E-state index is -0.669. The van der Waals surface area contributed by atoms with Crippen molar-refractivity contribution in [3.63, 3.8) is 0 Å². The summed E-state index contributed by atoms with van der Waals surface area (Å²) in [7, 11) is 1.77. The van der Waals surface area contributed by atoms with Crippen LogP contribution in [0.3, 0.4) is 0 Å². The second-order valence-corrected chi connectivity index (χ2v) is 4.86. The number of aliphatic hydroxyl groups is 1. The van der Waals surface area contributed by atoms with Gasteiger partial charge in [-0.3, -0.25) is 4.79 Å². The molecular formula is C14H16N2O2S. The number of anilines is 1. The van der Waals surface area contributed by atoms with Crippen LogP contribution in [0.2, 0.25) is 0 Å². The van der Waals surface area contributed by atoms with E-state index < -0.39 is 6.10 Å². The van der Waals surface area contributed by atoms with E-state index in [0.29, 0.717) is 5.56 Å². The van der Waals surface area contributed by atoms with Gasteiger partial charge in [0, 0.05) is 19.3 Å². The maximum atomic E-state index is 12.0. The number of hydrogen-bond acceptors (Lipinski definition) is 4. The molecule has 0 saturated heterocycles. The fourth-order valence-corrected chi connectivity index (χ4v) is 2.47. The van der Waals surface area contributed by atoms with E-state index >= 15 is 0 Å². The second kappa shape index (κ2) is 6.36. The highest BCUT2D eigenvalue weighted by Gasteiger charge is 2.13. The molecule has 1 aromatic carbocycles. The first-order valence-corrected chi connectivity index (χ1v) is 6.92. The first-order valence-electron chi connectivity index (χ1n) is 5.97. The molecule has 1 amide bonds. The van der Waals surface area contributed by atoms with E-state index in [4.69, 9.17) is 0 Å². The smallest absolute Gasteiger partial charge is 0.253 e. The van der Waals surface area contributed by atoms with E-state index in [9.17, 15) is 9.90 Å². The highest BCUT2D eigenvalue weighted by molar-refractivity contribution is 7.07. The molecular weight excluding hydrogens is 260 g/mol. The summed E-state index contributed by atoms with van der Waals surface area (Å²) in [5, 5.41) is 19.4. The summed E-state index contributed by atoms with van der Waals surface area (Å²) in [6, 6.07) is 9.11. The Balaban J connectivity index is 1.98. The molecule has 0 aliphatic rings. The zero-order valence-electron chi connectivity index (χ0n) is 10.6. The van der Waals surface area contributed by atoms with Crippen LogP contribution in [-0.4, -0.2) is 24.6 Å². The van der Waals surface area contributed by atoms with Crippen LogP contribution in [0, 0.1) is 0 Å². The van der Waals surface area contributed by atoms with Crippen LogP contribution in [0.15, 0.2) is 41.1 Å². The number of thiophene rings is 1. The van der Waals surface area contributed by atoms with Crippen molar-refractivity contribution in [3.05, 3.63) is 52.2 Å². The molecule has 1 atom stereocenters. The highest BCUT2D eigenvalue weighted by atomic mass is 32.1. The van der Waals surface area contributed by atoms with Gasteiger partial charge in [-0.15, -0.1) is 0 Å². The van der Waals surface area contributed by atoms with Crippen molar-refractivity contribution >= 4 is 22.9 Å². The molecule has 100 valence electrons. The zero-order valence-corrected chi connectivity index (χ0v) is 11.4. The molecule has 1 heterocycles. The van der Waals surface area contributed by atoms with Crippen LogP contribution < -0.4 is 10.6 Å². The summed E-state index contributed by atoms with van der Waals surface area (Å²) in [4.78, 5) is 12.0. The van der Waals surface area contributed by atoms with Crippen molar-refractivity contribution < 1.29 is 9.90 Å². The molecule has 0 saturated carbocycles. The Morgan fingerprint density at radius 1 is 1.37 bits per heavy atom. The van der Waals surface area contributed by atoms with Crippen LogP contribution in [-0.2, 0) is 0 Å². The lowest BCUT2D eigenvalue weighted by Gasteiger charge is -2.12. The van der Waals surface area contributed by atoms with Crippen molar-refractivity contribution in [2.75, 3.05) is 18.9 Å². The van der Waals surface area contributed by atoms with Crippen molar-refractivity contribution in [1.82, 2.24) is 5.32 Å². The summed E-state index contributed by atoms with van der Waals surface area (Å²) in [5.41, 5.74) is 2.17. The third kappa shape index (κ3) is 3.33. The van der Waals surface area contributed by atoms with Gasteiger partial charge in [-0.2, -0.15) is 11.3 Å². The number of benzene rings is 1. The number of nitrogens with one attached hydrogen (secondary N) is 2. The average Bonchev–Trinajstić information content (AvgIpc) is 2.98. The van der Waals surface area contributed by atoms with Crippen molar-refractivity contribution in [3.8, 4) is 0 Å². The predicted octanol–water partition coefficient (Wildman–Crippen LogP) is 2.25. The molecule has 19 heavy (non-hydrogen) atoms. The Morgan fingerprint density at radius 3 is 2.84 bits per heavy atom. The third-order valence-electron chi connectivity index (χ3n) is 2.82. The van der Waals surface area contributed by atoms with Crippen molar-refractivity contribution in [2.24, 2.45) is 0 Å². The molecule has 5 heteroatoms. The number of rotatable bonds is 5. The van der Waals surface area contributed by atoms with Gasteiger partial charge in [-0.05, 0) is 34.5 Å². The minimum absolute atomic E-state index is 0.195. The van der Waals surface area contributed by atoms with Gasteiger partial charge in [0.05, 0.1) is 11.7 Å². The second-order valence-electron chi connectivity index (χ2n) is 4.08. The Kier molecular flexibility index (Phi) is 4.54. The standard InChI is InChI=1S/C14H16N2O2S/c1-15-12-5-3-2-4-11(12)14(18)16-8-13(17)10-6-7-19-9-10/h2-7,9,13,15,17H,8H2,1H3,(H,16,18). The summed E-state index contributed by atoms with van der Waals surface area (Å²) >= 11 is 1.52. The van der Waals surface area contributed by atoms with Gasteiger partial charge in [0.15, 0.2) is 0 Å². The monoisotopic (exact) mass is 276 g/mol. The van der Waals surface area contributed by atoms with E-state index in [0.717, 1.165) is 11.3 Å². The number of amides is 1. The van der Waals surface area contributed by atoms with Crippen molar-refractivity contribution in [1.29, 1.82) is 0 Å². The molecule has 0 aliphatic heterocycles. The molecule has 1 aromatic heterocycles. The zero-order chi connectivity index (χ0) is 13.7. The molecule has 0 radical (unpaired) electrons. The molecule has 4 nitrogen and oxygen atoms in total. The summed E-state index contributed by atoms with van der Waals surface area (Å²) in [6.07, 6.45) is -0.669. The van der Waals surface area contributed by atoms with Crippen molar-refractivity contribution in [2.45, 2.75) is 6.10 Å². The highest BCUT2D eigenvalue weighted by Crippen LogP contribution is 2.17. The lowest BCUT2D eigenvalue weighted by molar-refractivity contribution is 0.0917. The lowest BCUT2D eigenvalue weighted by atomic mass is 10.1. The molecule has 0 bridgehead atoms. The Hall–Kier alpha value is -1.85. The van der Waals surface area contributed by atoms with Gasteiger partial charge in [0.1, 0.15) is 0 Å². The maximum absolute atomic E-state index is 12.0. The van der Waals surface area contributed by atoms with Gasteiger partial charge in [-0.25, -0.2) is 0 Å². The fraction of sp³-hybridized carbons (Fsp3) is 0.214. The Labute approximate surface area is 116 Å². The number of carbonyl (C=O) groups excluding carboxylic acids is 1. The van der Waals surface area contributed by atoms with Gasteiger partial charge in [-0.1, -0.05) is 12.1 Å². The quantitative estimate of drug-likeness (QED) is 0.785. The molecule has 0 fully saturated rings. The minimum Gasteiger partial charge on any atom is -0.387 e. The number of aliphatic hydroxyl groups excluding tert-OH is 1. The van der Waals surface area contributed by atoms with Crippen LogP contribution in [0.1, 0.15) is 22.0 Å². The van der Waals surface area contributed by atoms with Crippen LogP contribution in [0.25, 0.3) is 0 Å². The number of carbonyl (C=O) groups is 1. The molecule has 2 rings (SSSR count). The van der Waals surface area contributed by atoms with Crippen LogP contribution in [0.4, 0.5) is 5.69 Å². The fourth-order valence-electron chi connectivity index (χ4n) is 1.77. The summed E-state index contributed by atoms with van der Waals surface area (Å²) < 4.78 is 0. The first-order chi connectivity index (χ1) is 9.22. The molecule has 1 unspecified atom stereocenters. The van der Waals surface area contributed by atoms with Gasteiger partial charge in [0.25, 0.3) is 5.91 Å². The van der Waals surface area contributed by atoms with Crippen LogP contribution >= 0.6 is 11.3 Å². The van der Waals surface area contributed by atoms with E-state index in [1.54, 1.807) is 13.1 Å². The molecule has 0 aliphatic carbocycles. The first kappa shape index (κ1) is 13.6. The van der Waals surface area contributed by atoms with E-state index in [2.05, 4.69) is 10.6 Å². The summed E-state index contributed by atoms with van der Waals surface area (Å²) in [6.45, 7) is 0.202. The number of hydrogen-bond donors (Lipinski definition) is 3. The van der Waals surface area contributed by atoms with Gasteiger partial charge < -0.3 is 15.7 Å². The van der Waals surface area contributed by atoms with E-state index in [1.807, 2.05) is 35.0 Å². The predicted molar refractivity (Wildman–Crippen MR) is 77.6 cm³/mol. The Morgan fingerprint density at radius 2 is 2.16 bits per heavy atom. The van der Waals surface area contributed by atoms with Crippen LogP contribution in [0.5, 0.6) is 0 Å². The SMILES string of the molecule is CNc1ccccc1C(=O)NCC(O)c1ccsc1. The van der Waals surface area contributed by atoms with Gasteiger partial charge >= 0.3 is 0 Å². The van der Waals surface area contributed by atoms with Gasteiger partial charge in [0.2, 0.25) is 0 Å². The molecule has 0 spiro atoms. The largest absolute Gasteiger partial charge is 0.387 e. The lowest BCUT2D eigenvalue weighted by Crippen LogP contribution is -2.28. The van der Waals surface area contributed by atoms with E-state index in [1.165, 1.54) is 11.3 Å². The van der Waals surface area contributed by atoms with E-state index in [-0.39, 0.29) is 12.5 Å². The molecule has 3 N–H and O–H groups in total. The maximum Gasteiger partial charge on any atom is 0.253 e. The third-order valence-corrected chi connectivity index (χ3v) is 3.53. The normalized spacial score (nSPS) is 11.9. The number of para-hydroxylation sites is 1. The molecule has 2 aromatic rings. The summed E-state index contributed by atoms with van der Waals surface area (Å²) in [5.74, 6) is -0.195.